The number of nitrogen functional groups attached to an aromatic ring is 1. The summed E-state index contributed by atoms with van der Waals surface area (Å²) < 4.78 is 5.05. The summed E-state index contributed by atoms with van der Waals surface area (Å²) in [5, 5.41) is 18.0. The number of rotatable bonds is 6. The monoisotopic (exact) mass is 441 g/mol. The van der Waals surface area contributed by atoms with Crippen LogP contribution < -0.4 is 11.1 Å². The summed E-state index contributed by atoms with van der Waals surface area (Å²) in [6.45, 7) is 2.54. The number of carbonyl (C=O) groups is 4. The third-order valence-electron chi connectivity index (χ3n) is 4.68. The first-order chi connectivity index (χ1) is 14.0. The number of carboxylic acids is 1. The summed E-state index contributed by atoms with van der Waals surface area (Å²) in [7, 11) is 1.22. The Bertz CT molecular complexity index is 944. The van der Waals surface area contributed by atoms with Crippen LogP contribution in [-0.2, 0) is 33.6 Å². The van der Waals surface area contributed by atoms with Crippen molar-refractivity contribution in [2.45, 2.75) is 32.0 Å². The highest BCUT2D eigenvalue weighted by atomic mass is 32.1. The van der Waals surface area contributed by atoms with Crippen molar-refractivity contribution in [3.63, 3.8) is 0 Å². The largest absolute Gasteiger partial charge is 0.477 e. The molecule has 0 bridgehead atoms. The molecular weight excluding hydrogens is 422 g/mol. The maximum Gasteiger partial charge on any atom is 0.373 e. The number of anilines is 1. The molecule has 3 heterocycles. The molecule has 14 heteroatoms. The molecule has 2 fully saturated rings. The molecule has 0 aromatic carbocycles. The molecule has 2 aliphatic rings. The van der Waals surface area contributed by atoms with Crippen LogP contribution in [0.3, 0.4) is 0 Å². The number of esters is 1. The van der Waals surface area contributed by atoms with E-state index >= 15 is 0 Å². The van der Waals surface area contributed by atoms with E-state index in [1.165, 1.54) is 26.3 Å². The SMILES string of the molecule is CON=C(C(=O)N[C@H]1CON(C2(C(=O)O)OC(=O)CC2(C)C)C1=O)c1csc(N)n1. The second kappa shape index (κ2) is 7.53. The van der Waals surface area contributed by atoms with Crippen LogP contribution in [0.25, 0.3) is 0 Å². The zero-order valence-electron chi connectivity index (χ0n) is 16.2. The molecule has 2 aliphatic heterocycles. The lowest BCUT2D eigenvalue weighted by Crippen LogP contribution is -2.63. The van der Waals surface area contributed by atoms with Crippen LogP contribution in [0.5, 0.6) is 0 Å². The van der Waals surface area contributed by atoms with E-state index in [1.807, 2.05) is 0 Å². The standard InChI is InChI=1S/C16H19N5O8S/c1-15(2)4-9(22)29-16(15,13(25)26)21-12(24)7(5-28-21)18-11(23)10(20-27-3)8-6-30-14(17)19-8/h6-7H,4-5H2,1-3H3,(H2,17,19)(H,18,23)(H,25,26)/t7-,16?/m0/s1. The molecule has 0 spiro atoms. The minimum absolute atomic E-state index is 0.132. The molecule has 162 valence electrons. The number of oxime groups is 1. The van der Waals surface area contributed by atoms with E-state index in [1.54, 1.807) is 0 Å². The number of aliphatic carboxylic acids is 1. The lowest BCUT2D eigenvalue weighted by atomic mass is 9.79. The van der Waals surface area contributed by atoms with Crippen molar-refractivity contribution in [3.05, 3.63) is 11.1 Å². The van der Waals surface area contributed by atoms with E-state index in [9.17, 15) is 24.3 Å². The zero-order chi connectivity index (χ0) is 22.3. The lowest BCUT2D eigenvalue weighted by Gasteiger charge is -2.39. The zero-order valence-corrected chi connectivity index (χ0v) is 17.0. The van der Waals surface area contributed by atoms with Crippen LogP contribution in [0, 0.1) is 5.41 Å². The highest BCUT2D eigenvalue weighted by molar-refractivity contribution is 7.13. The molecule has 2 atom stereocenters. The van der Waals surface area contributed by atoms with Crippen LogP contribution in [0.4, 0.5) is 5.13 Å². The van der Waals surface area contributed by atoms with Gasteiger partial charge in [0.25, 0.3) is 11.8 Å². The van der Waals surface area contributed by atoms with Gasteiger partial charge in [-0.1, -0.05) is 19.0 Å². The predicted molar refractivity (Wildman–Crippen MR) is 99.7 cm³/mol. The number of hydrogen-bond donors (Lipinski definition) is 3. The predicted octanol–water partition coefficient (Wildman–Crippen LogP) is -0.912. The second-order valence-corrected chi connectivity index (χ2v) is 8.02. The fraction of sp³-hybridized carbons (Fsp3) is 0.500. The Morgan fingerprint density at radius 2 is 2.17 bits per heavy atom. The summed E-state index contributed by atoms with van der Waals surface area (Å²) in [6, 6.07) is -1.26. The van der Waals surface area contributed by atoms with Gasteiger partial charge in [0.05, 0.1) is 6.42 Å². The first-order valence-corrected chi connectivity index (χ1v) is 9.47. The summed E-state index contributed by atoms with van der Waals surface area (Å²) >= 11 is 1.08. The van der Waals surface area contributed by atoms with Crippen LogP contribution in [-0.4, -0.2) is 70.1 Å². The number of hydroxylamine groups is 2. The quantitative estimate of drug-likeness (QED) is 0.284. The lowest BCUT2D eigenvalue weighted by molar-refractivity contribution is -0.277. The van der Waals surface area contributed by atoms with Crippen molar-refractivity contribution in [1.82, 2.24) is 15.4 Å². The van der Waals surface area contributed by atoms with Crippen LogP contribution in [0.15, 0.2) is 10.5 Å². The van der Waals surface area contributed by atoms with Crippen molar-refractivity contribution in [2.75, 3.05) is 19.5 Å². The number of hydrogen-bond acceptors (Lipinski definition) is 11. The van der Waals surface area contributed by atoms with Crippen molar-refractivity contribution >= 4 is 45.9 Å². The average molecular weight is 441 g/mol. The maximum atomic E-state index is 12.9. The first-order valence-electron chi connectivity index (χ1n) is 8.59. The van der Waals surface area contributed by atoms with Crippen LogP contribution >= 0.6 is 11.3 Å². The molecule has 1 aromatic heterocycles. The Labute approximate surface area is 173 Å². The minimum Gasteiger partial charge on any atom is -0.477 e. The molecule has 0 radical (unpaired) electrons. The Hall–Kier alpha value is -3.26. The number of amides is 2. The molecule has 4 N–H and O–H groups in total. The molecule has 1 unspecified atom stereocenters. The van der Waals surface area contributed by atoms with Gasteiger partial charge >= 0.3 is 17.7 Å². The maximum absolute atomic E-state index is 12.9. The van der Waals surface area contributed by atoms with E-state index in [0.717, 1.165) is 11.3 Å². The molecular formula is C16H19N5O8S. The average Bonchev–Trinajstić information content (AvgIpc) is 3.29. The van der Waals surface area contributed by atoms with Crippen LogP contribution in [0.1, 0.15) is 26.0 Å². The number of nitrogens with one attached hydrogen (secondary N) is 1. The number of carbonyl (C=O) groups excluding carboxylic acids is 3. The van der Waals surface area contributed by atoms with E-state index in [4.69, 9.17) is 15.3 Å². The van der Waals surface area contributed by atoms with Gasteiger partial charge in [0.15, 0.2) is 10.8 Å². The fourth-order valence-corrected chi connectivity index (χ4v) is 3.80. The van der Waals surface area contributed by atoms with Crippen molar-refractivity contribution in [2.24, 2.45) is 10.6 Å². The minimum atomic E-state index is -2.37. The van der Waals surface area contributed by atoms with E-state index in [2.05, 4.69) is 20.3 Å². The normalized spacial score (nSPS) is 25.9. The van der Waals surface area contributed by atoms with Crippen LogP contribution in [0.2, 0.25) is 0 Å². The molecule has 0 aliphatic carbocycles. The first kappa shape index (κ1) is 21.4. The molecule has 13 nitrogen and oxygen atoms in total. The molecule has 0 saturated carbocycles. The topological polar surface area (TPSA) is 183 Å². The highest BCUT2D eigenvalue weighted by Crippen LogP contribution is 2.47. The van der Waals surface area contributed by atoms with Crippen molar-refractivity contribution in [1.29, 1.82) is 0 Å². The Morgan fingerprint density at radius 3 is 2.67 bits per heavy atom. The van der Waals surface area contributed by atoms with Gasteiger partial charge in [-0.3, -0.25) is 19.2 Å². The summed E-state index contributed by atoms with van der Waals surface area (Å²) in [5.74, 6) is -4.08. The molecule has 2 saturated heterocycles. The van der Waals surface area contributed by atoms with Gasteiger partial charge in [0, 0.05) is 10.8 Å². The van der Waals surface area contributed by atoms with Gasteiger partial charge in [-0.05, 0) is 0 Å². The summed E-state index contributed by atoms with van der Waals surface area (Å²) in [5.41, 5.74) is 1.81. The van der Waals surface area contributed by atoms with E-state index < -0.39 is 40.9 Å². The molecule has 1 aromatic rings. The molecule has 30 heavy (non-hydrogen) atoms. The van der Waals surface area contributed by atoms with E-state index in [0.29, 0.717) is 5.06 Å². The van der Waals surface area contributed by atoms with Gasteiger partial charge in [-0.15, -0.1) is 11.3 Å². The summed E-state index contributed by atoms with van der Waals surface area (Å²) in [4.78, 5) is 63.3. The summed E-state index contributed by atoms with van der Waals surface area (Å²) in [6.07, 6.45) is -0.237. The Balaban J connectivity index is 1.83. The third-order valence-corrected chi connectivity index (χ3v) is 5.35. The second-order valence-electron chi connectivity index (χ2n) is 7.13. The number of ether oxygens (including phenoxy) is 1. The van der Waals surface area contributed by atoms with Crippen molar-refractivity contribution < 1.29 is 38.7 Å². The Kier molecular flexibility index (Phi) is 5.38. The number of aromatic nitrogens is 1. The number of nitrogens with two attached hydrogens (primary N) is 1. The van der Waals surface area contributed by atoms with Gasteiger partial charge in [0.1, 0.15) is 25.5 Å². The number of cyclic esters (lactones) is 1. The van der Waals surface area contributed by atoms with E-state index in [-0.39, 0.29) is 29.6 Å². The van der Waals surface area contributed by atoms with Gasteiger partial charge in [-0.25, -0.2) is 9.78 Å². The number of carboxylic acid groups (broad SMARTS) is 1. The van der Waals surface area contributed by atoms with Gasteiger partial charge in [-0.2, -0.15) is 5.06 Å². The third kappa shape index (κ3) is 3.33. The highest BCUT2D eigenvalue weighted by Gasteiger charge is 2.68. The number of nitrogens with zero attached hydrogens (tertiary/aromatic N) is 3. The van der Waals surface area contributed by atoms with Gasteiger partial charge < -0.3 is 25.7 Å². The molecule has 2 amide bonds. The number of thiazole rings is 1. The molecule has 3 rings (SSSR count). The van der Waals surface area contributed by atoms with Gasteiger partial charge in [0.2, 0.25) is 0 Å². The fourth-order valence-electron chi connectivity index (χ4n) is 3.25. The Morgan fingerprint density at radius 1 is 1.47 bits per heavy atom. The van der Waals surface area contributed by atoms with Crippen molar-refractivity contribution in [3.8, 4) is 0 Å². The smallest absolute Gasteiger partial charge is 0.373 e.